The first-order chi connectivity index (χ1) is 35.5. The zero-order valence-corrected chi connectivity index (χ0v) is 42.8. The Morgan fingerprint density at radius 2 is 1.03 bits per heavy atom. The molecule has 0 unspecified atom stereocenters. The van der Waals surface area contributed by atoms with E-state index in [-0.39, 0.29) is 11.5 Å². The molecular weight excluding hydrogens is 964 g/mol. The number of anilines is 4. The van der Waals surface area contributed by atoms with Crippen molar-refractivity contribution in [2.24, 2.45) is 0 Å². The predicted molar refractivity (Wildman–Crippen MR) is 294 cm³/mol. The number of amides is 1. The van der Waals surface area contributed by atoms with Crippen molar-refractivity contribution in [1.29, 1.82) is 0 Å². The van der Waals surface area contributed by atoms with Crippen LogP contribution < -0.4 is 30.3 Å². The first-order valence-electron chi connectivity index (χ1n) is 24.1. The summed E-state index contributed by atoms with van der Waals surface area (Å²) in [5.74, 6) is 0.0459. The van der Waals surface area contributed by atoms with Gasteiger partial charge < -0.3 is 45.2 Å². The average molecular weight is 1020 g/mol. The highest BCUT2D eigenvalue weighted by Crippen LogP contribution is 2.37. The number of halogens is 2. The predicted octanol–water partition coefficient (Wildman–Crippen LogP) is 10.4. The molecule has 10 rings (SSSR count). The smallest absolute Gasteiger partial charge is 0.337 e. The van der Waals surface area contributed by atoms with Crippen molar-refractivity contribution < 1.29 is 24.2 Å². The lowest BCUT2D eigenvalue weighted by Gasteiger charge is -2.35. The number of carbonyl (C=O) groups is 2. The van der Waals surface area contributed by atoms with Crippen LogP contribution in [0.15, 0.2) is 134 Å². The SMILES string of the molecule is CCN1CCN(c2ccc(NC(=O)c3ccc(-c4cc(OC)ccc4Cl)c4nccnc34)cc2)CC1.CCN1CCN(c2cccc(N)c2)CC1.COc1ccc(Cl)c(-c2ccc(C(=O)O)c3nccnc23)c1. The normalized spacial score (nSPS) is 13.9. The second-order valence-electron chi connectivity index (χ2n) is 17.3. The van der Waals surface area contributed by atoms with Gasteiger partial charge in [-0.25, -0.2) is 4.79 Å². The maximum Gasteiger partial charge on any atom is 0.337 e. The Labute approximate surface area is 435 Å². The molecule has 4 N–H and O–H groups in total. The maximum absolute atomic E-state index is 13.3. The van der Waals surface area contributed by atoms with Crippen molar-refractivity contribution in [3.8, 4) is 33.8 Å². The fourth-order valence-corrected chi connectivity index (χ4v) is 9.34. The number of nitrogens with zero attached hydrogens (tertiary/aromatic N) is 8. The first-order valence-corrected chi connectivity index (χ1v) is 24.8. The van der Waals surface area contributed by atoms with Crippen LogP contribution in [0.3, 0.4) is 0 Å². The Kier molecular flexibility index (Phi) is 17.2. The molecule has 2 aromatic heterocycles. The Morgan fingerprint density at radius 1 is 0.562 bits per heavy atom. The zero-order valence-electron chi connectivity index (χ0n) is 41.3. The van der Waals surface area contributed by atoms with Crippen LogP contribution in [0.1, 0.15) is 34.6 Å². The summed E-state index contributed by atoms with van der Waals surface area (Å²) in [6, 6.07) is 33.7. The third-order valence-corrected chi connectivity index (χ3v) is 13.7. The third kappa shape index (κ3) is 12.4. The summed E-state index contributed by atoms with van der Waals surface area (Å²) in [6.07, 6.45) is 6.18. The zero-order chi connectivity index (χ0) is 51.4. The van der Waals surface area contributed by atoms with Crippen molar-refractivity contribution >= 4 is 79.9 Å². The number of benzene rings is 6. The molecule has 15 nitrogen and oxygen atoms in total. The Hall–Kier alpha value is -7.56. The van der Waals surface area contributed by atoms with Gasteiger partial charge in [0.05, 0.1) is 36.4 Å². The summed E-state index contributed by atoms with van der Waals surface area (Å²) in [4.78, 5) is 51.7. The number of carboxylic acid groups (broad SMARTS) is 1. The number of carbonyl (C=O) groups excluding carboxylic acids is 1. The van der Waals surface area contributed by atoms with Crippen molar-refractivity contribution in [1.82, 2.24) is 29.7 Å². The van der Waals surface area contributed by atoms with Crippen LogP contribution in [0.4, 0.5) is 22.7 Å². The van der Waals surface area contributed by atoms with Crippen molar-refractivity contribution in [2.75, 3.05) is 101 Å². The van der Waals surface area contributed by atoms with Crippen LogP contribution in [0.5, 0.6) is 11.5 Å². The van der Waals surface area contributed by atoms with E-state index in [0.29, 0.717) is 60.3 Å². The molecule has 0 saturated carbocycles. The molecule has 2 aliphatic heterocycles. The average Bonchev–Trinajstić information content (AvgIpc) is 3.43. The number of aromatic carboxylic acids is 1. The van der Waals surface area contributed by atoms with E-state index in [1.807, 2.05) is 36.4 Å². The molecule has 0 bridgehead atoms. The second-order valence-corrected chi connectivity index (χ2v) is 18.1. The lowest BCUT2D eigenvalue weighted by atomic mass is 10.00. The lowest BCUT2D eigenvalue weighted by Crippen LogP contribution is -2.46. The third-order valence-electron chi connectivity index (χ3n) is 13.0. The summed E-state index contributed by atoms with van der Waals surface area (Å²) < 4.78 is 10.6. The van der Waals surface area contributed by atoms with Gasteiger partial charge in [-0.15, -0.1) is 0 Å². The Balaban J connectivity index is 0.000000162. The number of hydrogen-bond donors (Lipinski definition) is 3. The van der Waals surface area contributed by atoms with E-state index in [0.717, 1.165) is 87.9 Å². The summed E-state index contributed by atoms with van der Waals surface area (Å²) in [7, 11) is 3.18. The molecule has 0 radical (unpaired) electrons. The Morgan fingerprint density at radius 3 is 1.49 bits per heavy atom. The number of nitrogens with one attached hydrogen (secondary N) is 1. The monoisotopic (exact) mass is 1020 g/mol. The molecule has 0 spiro atoms. The summed E-state index contributed by atoms with van der Waals surface area (Å²) in [6.45, 7) is 15.4. The number of carboxylic acids is 1. The van der Waals surface area contributed by atoms with Gasteiger partial charge >= 0.3 is 5.97 Å². The Bertz CT molecular complexity index is 3200. The molecular formula is C56H58Cl2N10O5. The van der Waals surface area contributed by atoms with E-state index in [1.54, 1.807) is 69.1 Å². The van der Waals surface area contributed by atoms with E-state index >= 15 is 0 Å². The van der Waals surface area contributed by atoms with E-state index in [1.165, 1.54) is 29.8 Å². The van der Waals surface area contributed by atoms with Gasteiger partial charge in [-0.1, -0.05) is 55.2 Å². The molecule has 17 heteroatoms. The number of rotatable bonds is 11. The number of hydrogen-bond acceptors (Lipinski definition) is 13. The molecule has 0 aliphatic carbocycles. The van der Waals surface area contributed by atoms with E-state index in [2.05, 4.69) is 83.0 Å². The molecule has 8 aromatic rings. The number of likely N-dealkylation sites (N-methyl/N-ethyl adjacent to an activating group) is 2. The largest absolute Gasteiger partial charge is 0.497 e. The van der Waals surface area contributed by atoms with Gasteiger partial charge in [0.1, 0.15) is 22.5 Å². The number of ether oxygens (including phenoxy) is 2. The van der Waals surface area contributed by atoms with Gasteiger partial charge in [-0.2, -0.15) is 0 Å². The highest BCUT2D eigenvalue weighted by Gasteiger charge is 2.21. The lowest BCUT2D eigenvalue weighted by molar-refractivity contribution is 0.0698. The van der Waals surface area contributed by atoms with Gasteiger partial charge in [0, 0.05) is 132 Å². The second kappa shape index (κ2) is 24.2. The minimum absolute atomic E-state index is 0.103. The van der Waals surface area contributed by atoms with Crippen molar-refractivity contribution in [2.45, 2.75) is 13.8 Å². The van der Waals surface area contributed by atoms with Gasteiger partial charge in [0.25, 0.3) is 5.91 Å². The van der Waals surface area contributed by atoms with Crippen LogP contribution in [0, 0.1) is 0 Å². The van der Waals surface area contributed by atoms with Gasteiger partial charge in [-0.05, 0) is 104 Å². The van der Waals surface area contributed by atoms with E-state index in [9.17, 15) is 14.7 Å². The molecule has 6 aromatic carbocycles. The van der Waals surface area contributed by atoms with Crippen LogP contribution in [-0.4, -0.2) is 126 Å². The molecule has 4 heterocycles. The quantitative estimate of drug-likeness (QED) is 0.104. The van der Waals surface area contributed by atoms with Gasteiger partial charge in [0.2, 0.25) is 0 Å². The molecule has 0 atom stereocenters. The standard InChI is InChI=1S/C28H28ClN5O2.C16H11ClN2O3.C12H19N3/c1-3-33-14-16-34(17-15-33)20-6-4-19(5-7-20)32-28(35)23-10-9-22(26-27(23)31-13-12-30-26)24-18-21(36-2)8-11-25(24)29;1-22-9-2-5-13(17)12(8-9)10-3-4-11(16(20)21)15-14(10)18-6-7-19-15;1-2-14-6-8-15(9-7-14)12-5-3-4-11(13)10-12/h4-13,18H,3,14-17H2,1-2H3,(H,32,35);2-8H,1H3,(H,20,21);3-5,10H,2,6-9,13H2,1H3. The highest BCUT2D eigenvalue weighted by molar-refractivity contribution is 6.34. The number of aromatic nitrogens is 4. The van der Waals surface area contributed by atoms with Crippen LogP contribution in [0.25, 0.3) is 44.3 Å². The number of piperazine rings is 2. The summed E-state index contributed by atoms with van der Waals surface area (Å²) in [5, 5.41) is 13.4. The molecule has 2 saturated heterocycles. The van der Waals surface area contributed by atoms with Crippen molar-refractivity contribution in [3.05, 3.63) is 155 Å². The molecule has 376 valence electrons. The highest BCUT2D eigenvalue weighted by atomic mass is 35.5. The molecule has 73 heavy (non-hydrogen) atoms. The van der Waals surface area contributed by atoms with Crippen LogP contribution in [0.2, 0.25) is 10.0 Å². The minimum atomic E-state index is -1.05. The minimum Gasteiger partial charge on any atom is -0.497 e. The molecule has 1 amide bonds. The first kappa shape index (κ1) is 51.8. The molecule has 2 aliphatic rings. The molecule has 2 fully saturated rings. The number of nitrogen functional groups attached to an aromatic ring is 1. The van der Waals surface area contributed by atoms with Crippen LogP contribution >= 0.6 is 23.2 Å². The number of methoxy groups -OCH3 is 2. The van der Waals surface area contributed by atoms with Gasteiger partial charge in [-0.3, -0.25) is 24.7 Å². The number of fused-ring (bicyclic) bond motifs is 2. The van der Waals surface area contributed by atoms with Crippen LogP contribution in [-0.2, 0) is 0 Å². The van der Waals surface area contributed by atoms with Gasteiger partial charge in [0.15, 0.2) is 0 Å². The maximum atomic E-state index is 13.3. The summed E-state index contributed by atoms with van der Waals surface area (Å²) >= 11 is 12.8. The number of nitrogens with two attached hydrogens (primary N) is 1. The fourth-order valence-electron chi connectivity index (χ4n) is 8.90. The van der Waals surface area contributed by atoms with E-state index in [4.69, 9.17) is 38.4 Å². The summed E-state index contributed by atoms with van der Waals surface area (Å²) in [5.41, 5.74) is 15.2. The fraction of sp³-hybridized carbons (Fsp3) is 0.250. The van der Waals surface area contributed by atoms with Crippen molar-refractivity contribution in [3.63, 3.8) is 0 Å². The topological polar surface area (TPSA) is 175 Å². The van der Waals surface area contributed by atoms with E-state index < -0.39 is 5.97 Å².